The van der Waals surface area contributed by atoms with E-state index in [0.29, 0.717) is 6.54 Å². The highest BCUT2D eigenvalue weighted by atomic mass is 15.3. The maximum Gasteiger partial charge on any atom is 0.0839 e. The van der Waals surface area contributed by atoms with Crippen molar-refractivity contribution in [1.82, 2.24) is 0 Å². The van der Waals surface area contributed by atoms with Crippen molar-refractivity contribution in [1.29, 1.82) is 0 Å². The van der Waals surface area contributed by atoms with E-state index in [2.05, 4.69) is 31.0 Å². The van der Waals surface area contributed by atoms with Gasteiger partial charge < -0.3 is 4.48 Å². The van der Waals surface area contributed by atoms with E-state index in [9.17, 15) is 0 Å². The maximum absolute atomic E-state index is 7.99. The van der Waals surface area contributed by atoms with E-state index < -0.39 is 0 Å². The van der Waals surface area contributed by atoms with Crippen LogP contribution in [0.25, 0.3) is 10.4 Å². The molecule has 0 aromatic rings. The number of azide groups is 1. The first kappa shape index (κ1) is 9.27. The first-order valence-electron chi connectivity index (χ1n) is 3.45. The van der Waals surface area contributed by atoms with Crippen LogP contribution in [-0.4, -0.2) is 38.2 Å². The van der Waals surface area contributed by atoms with Gasteiger partial charge in [-0.2, -0.15) is 0 Å². The van der Waals surface area contributed by atoms with Gasteiger partial charge in [0.15, 0.2) is 0 Å². The molecule has 0 N–H and O–H groups in total. The second kappa shape index (κ2) is 4.14. The summed E-state index contributed by atoms with van der Waals surface area (Å²) in [6.45, 7) is 4.70. The minimum atomic E-state index is 0.595. The number of rotatable bonds is 4. The van der Waals surface area contributed by atoms with Crippen molar-refractivity contribution in [2.24, 2.45) is 5.11 Å². The van der Waals surface area contributed by atoms with Gasteiger partial charge in [-0.15, -0.1) is 0 Å². The summed E-state index contributed by atoms with van der Waals surface area (Å²) < 4.78 is 0.916. The predicted octanol–water partition coefficient (Wildman–Crippen LogP) is 1.39. The van der Waals surface area contributed by atoms with Crippen molar-refractivity contribution < 1.29 is 4.48 Å². The first-order chi connectivity index (χ1) is 4.62. The van der Waals surface area contributed by atoms with Crippen LogP contribution in [-0.2, 0) is 0 Å². The molecule has 0 aliphatic carbocycles. The fourth-order valence-electron chi connectivity index (χ4n) is 0.518. The Hall–Kier alpha value is -0.730. The van der Waals surface area contributed by atoms with Gasteiger partial charge in [-0.05, 0) is 12.5 Å². The van der Waals surface area contributed by atoms with Crippen molar-refractivity contribution in [3.05, 3.63) is 10.4 Å². The fourth-order valence-corrected chi connectivity index (χ4v) is 0.518. The quantitative estimate of drug-likeness (QED) is 0.247. The number of hydrogen-bond donors (Lipinski definition) is 0. The van der Waals surface area contributed by atoms with Gasteiger partial charge in [0.05, 0.1) is 33.7 Å². The Morgan fingerprint density at radius 2 is 2.10 bits per heavy atom. The molecule has 0 saturated carbocycles. The summed E-state index contributed by atoms with van der Waals surface area (Å²) in [6, 6.07) is 0. The third-order valence-corrected chi connectivity index (χ3v) is 1.72. The molecule has 4 nitrogen and oxygen atoms in total. The summed E-state index contributed by atoms with van der Waals surface area (Å²) in [5, 5.41) is 3.47. The molecule has 0 bridgehead atoms. The van der Waals surface area contributed by atoms with Crippen LogP contribution in [0.4, 0.5) is 0 Å². The van der Waals surface area contributed by atoms with Crippen LogP contribution in [0.1, 0.15) is 6.92 Å². The maximum atomic E-state index is 7.99. The lowest BCUT2D eigenvalue weighted by atomic mass is 10.4. The van der Waals surface area contributed by atoms with Gasteiger partial charge in [-0.25, -0.2) is 0 Å². The number of quaternary nitrogens is 1. The third kappa shape index (κ3) is 4.18. The Labute approximate surface area is 61.7 Å². The molecule has 0 unspecified atom stereocenters. The largest absolute Gasteiger partial charge is 0.329 e. The van der Waals surface area contributed by atoms with Crippen LogP contribution in [0.5, 0.6) is 0 Å². The Bertz CT molecular complexity index is 135. The van der Waals surface area contributed by atoms with Crippen molar-refractivity contribution in [2.75, 3.05) is 33.7 Å². The van der Waals surface area contributed by atoms with Crippen LogP contribution in [0, 0.1) is 0 Å². The van der Waals surface area contributed by atoms with Gasteiger partial charge in [0.2, 0.25) is 0 Å². The number of likely N-dealkylation sites (N-methyl/N-ethyl adjacent to an activating group) is 1. The van der Waals surface area contributed by atoms with Gasteiger partial charge in [-0.3, -0.25) is 0 Å². The van der Waals surface area contributed by atoms with Crippen LogP contribution >= 0.6 is 0 Å². The van der Waals surface area contributed by atoms with Gasteiger partial charge >= 0.3 is 0 Å². The highest BCUT2D eigenvalue weighted by Gasteiger charge is 2.08. The van der Waals surface area contributed by atoms with Crippen molar-refractivity contribution in [3.8, 4) is 0 Å². The van der Waals surface area contributed by atoms with Gasteiger partial charge in [0, 0.05) is 4.91 Å². The summed E-state index contributed by atoms with van der Waals surface area (Å²) in [5.41, 5.74) is 7.99. The standard InChI is InChI=1S/C6H15N4/c1-4-10(2,3)6-5-8-9-7/h4-6H2,1-3H3/q+1. The van der Waals surface area contributed by atoms with Crippen molar-refractivity contribution >= 4 is 0 Å². The van der Waals surface area contributed by atoms with Crippen LogP contribution in [0.2, 0.25) is 0 Å². The van der Waals surface area contributed by atoms with Crippen molar-refractivity contribution in [2.45, 2.75) is 6.92 Å². The molecule has 0 saturated heterocycles. The molecule has 0 spiro atoms. The smallest absolute Gasteiger partial charge is 0.0839 e. The van der Waals surface area contributed by atoms with Gasteiger partial charge in [0.25, 0.3) is 0 Å². The molecule has 0 radical (unpaired) electrons. The highest BCUT2D eigenvalue weighted by Crippen LogP contribution is 1.94. The van der Waals surface area contributed by atoms with Crippen LogP contribution in [0.15, 0.2) is 5.11 Å². The SMILES string of the molecule is CC[N+](C)(C)CCN=[N+]=[N-]. The van der Waals surface area contributed by atoms with Gasteiger partial charge in [-0.1, -0.05) is 5.11 Å². The molecule has 0 atom stereocenters. The zero-order valence-corrected chi connectivity index (χ0v) is 6.91. The summed E-state index contributed by atoms with van der Waals surface area (Å²) in [5.74, 6) is 0. The fraction of sp³-hybridized carbons (Fsp3) is 1.00. The summed E-state index contributed by atoms with van der Waals surface area (Å²) in [7, 11) is 4.24. The Morgan fingerprint density at radius 3 is 2.50 bits per heavy atom. The van der Waals surface area contributed by atoms with E-state index in [0.717, 1.165) is 17.6 Å². The monoisotopic (exact) mass is 143 g/mol. The van der Waals surface area contributed by atoms with Gasteiger partial charge in [0.1, 0.15) is 0 Å². The number of hydrogen-bond acceptors (Lipinski definition) is 1. The average molecular weight is 143 g/mol. The predicted molar refractivity (Wildman–Crippen MR) is 41.5 cm³/mol. The van der Waals surface area contributed by atoms with E-state index in [-0.39, 0.29) is 0 Å². The zero-order chi connectivity index (χ0) is 8.04. The second-order valence-corrected chi connectivity index (χ2v) is 2.93. The van der Waals surface area contributed by atoms with Crippen LogP contribution in [0.3, 0.4) is 0 Å². The summed E-state index contributed by atoms with van der Waals surface area (Å²) in [6.07, 6.45) is 0. The van der Waals surface area contributed by atoms with E-state index in [1.807, 2.05) is 0 Å². The number of nitrogens with zero attached hydrogens (tertiary/aromatic N) is 4. The van der Waals surface area contributed by atoms with Crippen LogP contribution < -0.4 is 0 Å². The lowest BCUT2D eigenvalue weighted by Gasteiger charge is -2.27. The molecule has 0 amide bonds. The summed E-state index contributed by atoms with van der Waals surface area (Å²) in [4.78, 5) is 2.69. The highest BCUT2D eigenvalue weighted by molar-refractivity contribution is 4.44. The molecular weight excluding hydrogens is 128 g/mol. The Kier molecular flexibility index (Phi) is 3.84. The normalized spacial score (nSPS) is 10.7. The molecule has 0 rings (SSSR count). The Balaban J connectivity index is 3.56. The first-order valence-corrected chi connectivity index (χ1v) is 3.45. The lowest BCUT2D eigenvalue weighted by Crippen LogP contribution is -2.41. The Morgan fingerprint density at radius 1 is 1.50 bits per heavy atom. The van der Waals surface area contributed by atoms with E-state index in [4.69, 9.17) is 5.53 Å². The molecule has 4 heteroatoms. The minimum Gasteiger partial charge on any atom is -0.329 e. The van der Waals surface area contributed by atoms with Crippen molar-refractivity contribution in [3.63, 3.8) is 0 Å². The molecule has 0 fully saturated rings. The molecular formula is C6H15N4+. The third-order valence-electron chi connectivity index (χ3n) is 1.72. The molecule has 0 aliphatic heterocycles. The second-order valence-electron chi connectivity index (χ2n) is 2.93. The molecule has 0 aliphatic rings. The average Bonchev–Trinajstić information content (AvgIpc) is 1.89. The zero-order valence-electron chi connectivity index (χ0n) is 6.91. The molecule has 58 valence electrons. The van der Waals surface area contributed by atoms with E-state index in [1.54, 1.807) is 0 Å². The lowest BCUT2D eigenvalue weighted by molar-refractivity contribution is -0.887. The summed E-state index contributed by atoms with van der Waals surface area (Å²) >= 11 is 0. The molecule has 0 aromatic carbocycles. The molecule has 0 aromatic heterocycles. The minimum absolute atomic E-state index is 0.595. The van der Waals surface area contributed by atoms with E-state index in [1.165, 1.54) is 0 Å². The van der Waals surface area contributed by atoms with E-state index >= 15 is 0 Å². The molecule has 10 heavy (non-hydrogen) atoms. The molecule has 0 heterocycles. The topological polar surface area (TPSA) is 48.8 Å².